The molecule has 2 N–H and O–H groups in total. The minimum atomic E-state index is -4.50. The van der Waals surface area contributed by atoms with Crippen molar-refractivity contribution in [2.24, 2.45) is 7.05 Å². The van der Waals surface area contributed by atoms with Crippen LogP contribution in [0.1, 0.15) is 30.0 Å². The first-order valence-corrected chi connectivity index (χ1v) is 10.2. The first-order valence-electron chi connectivity index (χ1n) is 8.70. The van der Waals surface area contributed by atoms with Crippen LogP contribution in [0.4, 0.5) is 10.5 Å². The molecule has 30 heavy (non-hydrogen) atoms. The molecule has 0 saturated carbocycles. The van der Waals surface area contributed by atoms with Gasteiger partial charge in [0.25, 0.3) is 10.0 Å². The Morgan fingerprint density at radius 3 is 2.23 bits per heavy atom. The Hall–Kier alpha value is -3.42. The SMILES string of the molecule is CCOC(=O)c1cnn(C)c1S(=O)(=O)NC(=O)Nc1c(OC)nc(CC)nc1OC. The number of anilines is 1. The molecular weight excluding hydrogens is 420 g/mol. The molecule has 0 bridgehead atoms. The zero-order chi connectivity index (χ0) is 22.5. The minimum absolute atomic E-state index is 0.0148. The molecular formula is C16H22N6O7S. The van der Waals surface area contributed by atoms with Gasteiger partial charge in [-0.25, -0.2) is 14.3 Å². The molecule has 0 aliphatic rings. The molecule has 164 valence electrons. The highest BCUT2D eigenvalue weighted by Gasteiger charge is 2.30. The smallest absolute Gasteiger partial charge is 0.342 e. The molecule has 2 amide bonds. The molecule has 0 fully saturated rings. The van der Waals surface area contributed by atoms with Crippen molar-refractivity contribution in [3.8, 4) is 11.8 Å². The summed E-state index contributed by atoms with van der Waals surface area (Å²) in [5, 5.41) is 5.52. The molecule has 14 heteroatoms. The number of carbonyl (C=O) groups is 2. The van der Waals surface area contributed by atoms with Gasteiger partial charge in [-0.15, -0.1) is 0 Å². The number of nitrogens with one attached hydrogen (secondary N) is 2. The summed E-state index contributed by atoms with van der Waals surface area (Å²) < 4.78 is 43.3. The van der Waals surface area contributed by atoms with E-state index in [4.69, 9.17) is 14.2 Å². The molecule has 2 aromatic rings. The van der Waals surface area contributed by atoms with Gasteiger partial charge in [-0.05, 0) is 6.92 Å². The van der Waals surface area contributed by atoms with Crippen LogP contribution in [0.15, 0.2) is 11.2 Å². The largest absolute Gasteiger partial charge is 0.479 e. The summed E-state index contributed by atoms with van der Waals surface area (Å²) in [5.41, 5.74) is -0.383. The number of rotatable bonds is 8. The maximum absolute atomic E-state index is 12.7. The highest BCUT2D eigenvalue weighted by Crippen LogP contribution is 2.31. The van der Waals surface area contributed by atoms with Crippen LogP contribution in [0.25, 0.3) is 0 Å². The summed E-state index contributed by atoms with van der Waals surface area (Å²) in [6.45, 7) is 3.42. The molecule has 0 saturated heterocycles. The second-order valence-corrected chi connectivity index (χ2v) is 7.25. The van der Waals surface area contributed by atoms with Crippen LogP contribution in [-0.2, 0) is 28.2 Å². The van der Waals surface area contributed by atoms with E-state index in [0.29, 0.717) is 12.2 Å². The minimum Gasteiger partial charge on any atom is -0.479 e. The van der Waals surface area contributed by atoms with Gasteiger partial charge in [-0.2, -0.15) is 23.5 Å². The number of methoxy groups -OCH3 is 2. The maximum Gasteiger partial charge on any atom is 0.342 e. The van der Waals surface area contributed by atoms with Crippen LogP contribution >= 0.6 is 0 Å². The number of sulfonamides is 1. The van der Waals surface area contributed by atoms with Gasteiger partial charge in [0.05, 0.1) is 27.0 Å². The van der Waals surface area contributed by atoms with Crippen LogP contribution in [0.3, 0.4) is 0 Å². The van der Waals surface area contributed by atoms with Crippen molar-refractivity contribution in [3.05, 3.63) is 17.6 Å². The van der Waals surface area contributed by atoms with Crippen LogP contribution in [0.5, 0.6) is 11.8 Å². The quantitative estimate of drug-likeness (QED) is 0.549. The zero-order valence-electron chi connectivity index (χ0n) is 17.0. The number of hydrogen-bond donors (Lipinski definition) is 2. The lowest BCUT2D eigenvalue weighted by molar-refractivity contribution is 0.0521. The summed E-state index contributed by atoms with van der Waals surface area (Å²) in [6, 6.07) is -1.16. The van der Waals surface area contributed by atoms with Gasteiger partial charge in [0.1, 0.15) is 11.4 Å². The predicted octanol–water partition coefficient (Wildman–Crippen LogP) is 0.477. The van der Waals surface area contributed by atoms with Gasteiger partial charge >= 0.3 is 12.0 Å². The molecule has 0 atom stereocenters. The molecule has 0 aliphatic carbocycles. The van der Waals surface area contributed by atoms with E-state index in [2.05, 4.69) is 20.4 Å². The fourth-order valence-electron chi connectivity index (χ4n) is 2.43. The van der Waals surface area contributed by atoms with E-state index in [9.17, 15) is 18.0 Å². The second-order valence-electron chi connectivity index (χ2n) is 5.65. The van der Waals surface area contributed by atoms with Gasteiger partial charge in [0.15, 0.2) is 10.7 Å². The molecule has 0 radical (unpaired) electrons. The number of esters is 1. The lowest BCUT2D eigenvalue weighted by atomic mass is 10.4. The third-order valence-corrected chi connectivity index (χ3v) is 5.14. The average Bonchev–Trinajstić information content (AvgIpc) is 3.10. The standard InChI is InChI=1S/C16H22N6O7S/c1-6-10-18-12(27-4)11(13(19-10)28-5)20-16(24)21-30(25,26)14-9(8-17-22(14)3)15(23)29-7-2/h8H,6-7H2,1-5H3,(H2,20,21,24). The zero-order valence-corrected chi connectivity index (χ0v) is 17.9. The van der Waals surface area contributed by atoms with Crippen molar-refractivity contribution >= 4 is 27.7 Å². The monoisotopic (exact) mass is 442 g/mol. The third kappa shape index (κ3) is 4.76. The van der Waals surface area contributed by atoms with Crippen molar-refractivity contribution in [2.45, 2.75) is 25.3 Å². The Morgan fingerprint density at radius 1 is 1.13 bits per heavy atom. The number of nitrogens with zero attached hydrogens (tertiary/aromatic N) is 4. The summed E-state index contributed by atoms with van der Waals surface area (Å²) in [5.74, 6) is -0.521. The van der Waals surface area contributed by atoms with Crippen molar-refractivity contribution in [1.82, 2.24) is 24.5 Å². The van der Waals surface area contributed by atoms with E-state index >= 15 is 0 Å². The first-order chi connectivity index (χ1) is 14.2. The number of carbonyl (C=O) groups excluding carboxylic acids is 2. The van der Waals surface area contributed by atoms with Gasteiger partial charge < -0.3 is 14.2 Å². The molecule has 0 spiro atoms. The Labute approximate surface area is 172 Å². The Morgan fingerprint density at radius 2 is 1.73 bits per heavy atom. The second kappa shape index (κ2) is 9.39. The number of amides is 2. The Kier molecular flexibility index (Phi) is 7.15. The van der Waals surface area contributed by atoms with Crippen LogP contribution in [0, 0.1) is 0 Å². The highest BCUT2D eigenvalue weighted by molar-refractivity contribution is 7.90. The van der Waals surface area contributed by atoms with Crippen molar-refractivity contribution in [1.29, 1.82) is 0 Å². The summed E-state index contributed by atoms with van der Waals surface area (Å²) in [4.78, 5) is 32.6. The normalized spacial score (nSPS) is 11.0. The molecule has 2 aromatic heterocycles. The van der Waals surface area contributed by atoms with E-state index in [0.717, 1.165) is 10.9 Å². The van der Waals surface area contributed by atoms with E-state index in [-0.39, 0.29) is 29.6 Å². The predicted molar refractivity (Wildman–Crippen MR) is 103 cm³/mol. The van der Waals surface area contributed by atoms with Crippen LogP contribution < -0.4 is 19.5 Å². The lowest BCUT2D eigenvalue weighted by Gasteiger charge is -2.14. The fraction of sp³-hybridized carbons (Fsp3) is 0.438. The molecule has 0 unspecified atom stereocenters. The summed E-state index contributed by atoms with van der Waals surface area (Å²) in [7, 11) is -0.550. The number of urea groups is 1. The number of ether oxygens (including phenoxy) is 3. The number of aromatic nitrogens is 4. The lowest BCUT2D eigenvalue weighted by Crippen LogP contribution is -2.36. The molecule has 2 heterocycles. The van der Waals surface area contributed by atoms with Gasteiger partial charge in [0.2, 0.25) is 11.8 Å². The van der Waals surface area contributed by atoms with Crippen LogP contribution in [0.2, 0.25) is 0 Å². The fourth-order valence-corrected chi connectivity index (χ4v) is 3.64. The van der Waals surface area contributed by atoms with Gasteiger partial charge in [-0.3, -0.25) is 10.00 Å². The summed E-state index contributed by atoms with van der Waals surface area (Å²) >= 11 is 0. The average molecular weight is 442 g/mol. The molecule has 13 nitrogen and oxygen atoms in total. The van der Waals surface area contributed by atoms with E-state index in [1.54, 1.807) is 11.6 Å². The first kappa shape index (κ1) is 22.9. The summed E-state index contributed by atoms with van der Waals surface area (Å²) in [6.07, 6.45) is 1.51. The molecule has 2 rings (SSSR count). The topological polar surface area (TPSA) is 164 Å². The third-order valence-electron chi connectivity index (χ3n) is 3.69. The number of hydrogen-bond acceptors (Lipinski definition) is 10. The van der Waals surface area contributed by atoms with E-state index in [1.807, 2.05) is 6.92 Å². The van der Waals surface area contributed by atoms with E-state index < -0.39 is 27.0 Å². The number of aryl methyl sites for hydroxylation is 2. The molecule has 0 aliphatic heterocycles. The van der Waals surface area contributed by atoms with Crippen molar-refractivity contribution in [3.63, 3.8) is 0 Å². The Bertz CT molecular complexity index is 1030. The van der Waals surface area contributed by atoms with Gasteiger partial charge in [0, 0.05) is 13.5 Å². The van der Waals surface area contributed by atoms with Crippen molar-refractivity contribution in [2.75, 3.05) is 26.1 Å². The van der Waals surface area contributed by atoms with Crippen molar-refractivity contribution < 1.29 is 32.2 Å². The van der Waals surface area contributed by atoms with E-state index in [1.165, 1.54) is 21.3 Å². The Balaban J connectivity index is 2.34. The van der Waals surface area contributed by atoms with Gasteiger partial charge in [-0.1, -0.05) is 6.92 Å². The highest BCUT2D eigenvalue weighted by atomic mass is 32.2. The van der Waals surface area contributed by atoms with Crippen LogP contribution in [-0.4, -0.2) is 61.0 Å². The maximum atomic E-state index is 12.7. The molecule has 0 aromatic carbocycles.